The van der Waals surface area contributed by atoms with Crippen LogP contribution in [0.1, 0.15) is 61.3 Å². The van der Waals surface area contributed by atoms with Crippen molar-refractivity contribution in [2.45, 2.75) is 53.9 Å². The zero-order valence-corrected chi connectivity index (χ0v) is 17.3. The third-order valence-electron chi connectivity index (χ3n) is 5.20. The van der Waals surface area contributed by atoms with Gasteiger partial charge in [-0.25, -0.2) is 4.79 Å². The summed E-state index contributed by atoms with van der Waals surface area (Å²) in [5.74, 6) is -3.20. The number of allylic oxidation sites excluding steroid dienone is 2. The van der Waals surface area contributed by atoms with Crippen molar-refractivity contribution in [2.75, 3.05) is 11.9 Å². The summed E-state index contributed by atoms with van der Waals surface area (Å²) in [6.45, 7) is 9.67. The van der Waals surface area contributed by atoms with Gasteiger partial charge in [0.25, 0.3) is 0 Å². The van der Waals surface area contributed by atoms with E-state index in [1.165, 1.54) is 11.3 Å². The van der Waals surface area contributed by atoms with E-state index in [0.717, 1.165) is 21.6 Å². The fourth-order valence-corrected chi connectivity index (χ4v) is 4.68. The van der Waals surface area contributed by atoms with Gasteiger partial charge >= 0.3 is 11.9 Å². The van der Waals surface area contributed by atoms with E-state index in [0.29, 0.717) is 29.8 Å². The number of hydrogen-bond acceptors (Lipinski definition) is 5. The minimum absolute atomic E-state index is 0.247. The molecule has 1 aromatic rings. The lowest BCUT2D eigenvalue weighted by Crippen LogP contribution is -2.36. The van der Waals surface area contributed by atoms with E-state index in [4.69, 9.17) is 4.74 Å². The van der Waals surface area contributed by atoms with Crippen molar-refractivity contribution in [2.24, 2.45) is 11.8 Å². The Morgan fingerprint density at radius 3 is 2.22 bits per heavy atom. The highest BCUT2D eigenvalue weighted by Crippen LogP contribution is 2.38. The van der Waals surface area contributed by atoms with Gasteiger partial charge in [-0.1, -0.05) is 18.1 Å². The minimum atomic E-state index is -0.968. The number of nitrogens with one attached hydrogen (secondary N) is 1. The molecule has 0 saturated carbocycles. The number of carboxylic acid groups (broad SMARTS) is 1. The molecule has 0 aliphatic heterocycles. The Kier molecular flexibility index (Phi) is 6.81. The summed E-state index contributed by atoms with van der Waals surface area (Å²) < 4.78 is 5.16. The largest absolute Gasteiger partial charge is 0.481 e. The van der Waals surface area contributed by atoms with Crippen molar-refractivity contribution in [1.29, 1.82) is 0 Å². The highest BCUT2D eigenvalue weighted by atomic mass is 32.1. The molecule has 0 fully saturated rings. The third kappa shape index (κ3) is 4.40. The first-order chi connectivity index (χ1) is 12.7. The van der Waals surface area contributed by atoms with Gasteiger partial charge in [0.1, 0.15) is 5.00 Å². The van der Waals surface area contributed by atoms with Crippen LogP contribution in [0.15, 0.2) is 11.1 Å². The maximum absolute atomic E-state index is 12.9. The van der Waals surface area contributed by atoms with Crippen molar-refractivity contribution >= 4 is 34.2 Å². The van der Waals surface area contributed by atoms with E-state index in [9.17, 15) is 19.5 Å². The summed E-state index contributed by atoms with van der Waals surface area (Å²) in [4.78, 5) is 38.0. The molecule has 27 heavy (non-hydrogen) atoms. The standard InChI is InChI=1S/C20H27NO5S/c1-6-13-12(5)27-18(16(13)20(25)26-7-2)21-17(22)14-8-10(3)11(4)9-15(14)19(23)24/h14-15H,6-9H2,1-5H3,(H,21,22)(H,23,24)/t14-,15-/m1/s1. The summed E-state index contributed by atoms with van der Waals surface area (Å²) in [5.41, 5.74) is 3.33. The van der Waals surface area contributed by atoms with Crippen LogP contribution in [0.2, 0.25) is 0 Å². The number of hydrogen-bond donors (Lipinski definition) is 2. The fourth-order valence-electron chi connectivity index (χ4n) is 3.54. The summed E-state index contributed by atoms with van der Waals surface area (Å²) >= 11 is 1.33. The summed E-state index contributed by atoms with van der Waals surface area (Å²) in [6, 6.07) is 0. The highest BCUT2D eigenvalue weighted by molar-refractivity contribution is 7.16. The molecule has 6 nitrogen and oxygen atoms in total. The van der Waals surface area contributed by atoms with Gasteiger partial charge in [-0.05, 0) is 52.5 Å². The number of carboxylic acids is 1. The van der Waals surface area contributed by atoms with Gasteiger partial charge in [-0.3, -0.25) is 9.59 Å². The number of thiophene rings is 1. The second-order valence-electron chi connectivity index (χ2n) is 6.92. The second-order valence-corrected chi connectivity index (χ2v) is 8.15. The van der Waals surface area contributed by atoms with Gasteiger partial charge in [0.05, 0.1) is 24.0 Å². The monoisotopic (exact) mass is 393 g/mol. The zero-order chi connectivity index (χ0) is 20.3. The second kappa shape index (κ2) is 8.69. The number of carbonyl (C=O) groups is 3. The molecule has 1 aliphatic carbocycles. The van der Waals surface area contributed by atoms with Gasteiger partial charge in [0, 0.05) is 4.88 Å². The molecular weight excluding hydrogens is 366 g/mol. The van der Waals surface area contributed by atoms with Crippen LogP contribution in [0.5, 0.6) is 0 Å². The minimum Gasteiger partial charge on any atom is -0.481 e. The molecule has 0 aromatic carbocycles. The third-order valence-corrected chi connectivity index (χ3v) is 6.26. The normalized spacial score (nSPS) is 19.7. The molecule has 0 bridgehead atoms. The van der Waals surface area contributed by atoms with Crippen molar-refractivity contribution in [3.05, 3.63) is 27.2 Å². The quantitative estimate of drug-likeness (QED) is 0.559. The number of carbonyl (C=O) groups excluding carboxylic acids is 2. The molecule has 2 N–H and O–H groups in total. The van der Waals surface area contributed by atoms with Gasteiger partial charge in [0.15, 0.2) is 0 Å². The van der Waals surface area contributed by atoms with Crippen LogP contribution in [-0.4, -0.2) is 29.6 Å². The number of aliphatic carboxylic acids is 1. The lowest BCUT2D eigenvalue weighted by Gasteiger charge is -2.29. The highest BCUT2D eigenvalue weighted by Gasteiger charge is 2.38. The lowest BCUT2D eigenvalue weighted by atomic mass is 9.76. The molecule has 0 spiro atoms. The number of esters is 1. The SMILES string of the molecule is CCOC(=O)c1c(NC(=O)[C@@H]2CC(C)=C(C)C[C@H]2C(=O)O)sc(C)c1CC. The Hall–Kier alpha value is -2.15. The van der Waals surface area contributed by atoms with Crippen LogP contribution < -0.4 is 5.32 Å². The van der Waals surface area contributed by atoms with E-state index in [2.05, 4.69) is 5.32 Å². The molecule has 0 saturated heterocycles. The first kappa shape index (κ1) is 21.2. The molecule has 0 unspecified atom stereocenters. The Balaban J connectivity index is 2.34. The van der Waals surface area contributed by atoms with E-state index in [-0.39, 0.29) is 12.5 Å². The van der Waals surface area contributed by atoms with Crippen molar-refractivity contribution in [3.63, 3.8) is 0 Å². The molecule has 1 aromatic heterocycles. The van der Waals surface area contributed by atoms with E-state index in [1.807, 2.05) is 27.7 Å². The van der Waals surface area contributed by atoms with Gasteiger partial charge < -0.3 is 15.2 Å². The van der Waals surface area contributed by atoms with Gasteiger partial charge in [-0.2, -0.15) is 0 Å². The Labute approximate surface area is 163 Å². The van der Waals surface area contributed by atoms with Gasteiger partial charge in [-0.15, -0.1) is 11.3 Å². The Bertz CT molecular complexity index is 793. The first-order valence-corrected chi connectivity index (χ1v) is 10.0. The maximum Gasteiger partial charge on any atom is 0.341 e. The van der Waals surface area contributed by atoms with Crippen LogP contribution in [0.3, 0.4) is 0 Å². The lowest BCUT2D eigenvalue weighted by molar-refractivity contribution is -0.146. The Morgan fingerprint density at radius 2 is 1.70 bits per heavy atom. The number of ether oxygens (including phenoxy) is 1. The molecular formula is C20H27NO5S. The number of anilines is 1. The molecule has 1 aliphatic rings. The van der Waals surface area contributed by atoms with E-state index in [1.54, 1.807) is 6.92 Å². The molecule has 148 valence electrons. The summed E-state index contributed by atoms with van der Waals surface area (Å²) in [7, 11) is 0. The van der Waals surface area contributed by atoms with Crippen LogP contribution in [0.4, 0.5) is 5.00 Å². The van der Waals surface area contributed by atoms with E-state index < -0.39 is 23.8 Å². The summed E-state index contributed by atoms with van der Waals surface area (Å²) in [5, 5.41) is 12.8. The first-order valence-electron chi connectivity index (χ1n) is 9.19. The Morgan fingerprint density at radius 1 is 1.11 bits per heavy atom. The van der Waals surface area contributed by atoms with Crippen LogP contribution >= 0.6 is 11.3 Å². The number of rotatable bonds is 6. The van der Waals surface area contributed by atoms with Crippen molar-refractivity contribution < 1.29 is 24.2 Å². The van der Waals surface area contributed by atoms with Crippen LogP contribution in [0.25, 0.3) is 0 Å². The smallest absolute Gasteiger partial charge is 0.341 e. The molecule has 7 heteroatoms. The zero-order valence-electron chi connectivity index (χ0n) is 16.5. The van der Waals surface area contributed by atoms with Crippen LogP contribution in [0, 0.1) is 18.8 Å². The average molecular weight is 394 g/mol. The van der Waals surface area contributed by atoms with Crippen LogP contribution in [-0.2, 0) is 20.7 Å². The van der Waals surface area contributed by atoms with Gasteiger partial charge in [0.2, 0.25) is 5.91 Å². The molecule has 1 heterocycles. The number of amides is 1. The predicted molar refractivity (Wildman–Crippen MR) is 105 cm³/mol. The fraction of sp³-hybridized carbons (Fsp3) is 0.550. The van der Waals surface area contributed by atoms with Crippen molar-refractivity contribution in [1.82, 2.24) is 0 Å². The van der Waals surface area contributed by atoms with Crippen molar-refractivity contribution in [3.8, 4) is 0 Å². The molecule has 2 atom stereocenters. The topological polar surface area (TPSA) is 92.7 Å². The maximum atomic E-state index is 12.9. The molecule has 2 rings (SSSR count). The predicted octanol–water partition coefficient (Wildman–Crippen LogP) is 4.18. The molecule has 1 amide bonds. The van der Waals surface area contributed by atoms with E-state index >= 15 is 0 Å². The average Bonchev–Trinajstić information content (AvgIpc) is 2.91. The number of aryl methyl sites for hydroxylation is 1. The summed E-state index contributed by atoms with van der Waals surface area (Å²) in [6.07, 6.45) is 1.43. The molecule has 0 radical (unpaired) electrons.